The van der Waals surface area contributed by atoms with Crippen LogP contribution in [0.4, 0.5) is 0 Å². The van der Waals surface area contributed by atoms with Crippen LogP contribution in [0.25, 0.3) is 0 Å². The molecule has 0 fully saturated rings. The van der Waals surface area contributed by atoms with Crippen LogP contribution in [0, 0.1) is 6.92 Å². The highest BCUT2D eigenvalue weighted by atomic mass is 16.5. The number of aryl methyl sites for hydroxylation is 1. The van der Waals surface area contributed by atoms with Gasteiger partial charge in [-0.1, -0.05) is 0 Å². The van der Waals surface area contributed by atoms with E-state index in [4.69, 9.17) is 4.74 Å². The summed E-state index contributed by atoms with van der Waals surface area (Å²) < 4.78 is 6.61. The van der Waals surface area contributed by atoms with Crippen LogP contribution in [-0.4, -0.2) is 48.2 Å². The number of imidazole rings is 1. The van der Waals surface area contributed by atoms with Crippen LogP contribution < -0.4 is 0 Å². The van der Waals surface area contributed by atoms with Gasteiger partial charge in [-0.05, 0) is 34.0 Å². The number of aromatic nitrogens is 2. The maximum absolute atomic E-state index is 11.5. The van der Waals surface area contributed by atoms with E-state index < -0.39 is 0 Å². The van der Waals surface area contributed by atoms with Gasteiger partial charge in [0.1, 0.15) is 11.5 Å². The highest BCUT2D eigenvalue weighted by Gasteiger charge is 2.14. The highest BCUT2D eigenvalue weighted by Crippen LogP contribution is 2.07. The molecule has 5 nitrogen and oxygen atoms in total. The van der Waals surface area contributed by atoms with Crippen LogP contribution in [0.1, 0.15) is 22.7 Å². The second kappa shape index (κ2) is 5.65. The average molecular weight is 225 g/mol. The number of hydrogen-bond acceptors (Lipinski definition) is 4. The molecular formula is C11H19N3O2. The van der Waals surface area contributed by atoms with Gasteiger partial charge in [-0.25, -0.2) is 9.78 Å². The van der Waals surface area contributed by atoms with Crippen molar-refractivity contribution < 1.29 is 9.53 Å². The number of ether oxygens (including phenoxy) is 1. The number of rotatable bonds is 5. The molecule has 0 atom stereocenters. The summed E-state index contributed by atoms with van der Waals surface area (Å²) >= 11 is 0. The van der Waals surface area contributed by atoms with Crippen LogP contribution in [0.5, 0.6) is 0 Å². The summed E-state index contributed by atoms with van der Waals surface area (Å²) in [6, 6.07) is 0. The molecule has 0 spiro atoms. The zero-order valence-corrected chi connectivity index (χ0v) is 10.4. The lowest BCUT2D eigenvalue weighted by molar-refractivity contribution is 0.0587. The first kappa shape index (κ1) is 12.7. The molecule has 1 aromatic rings. The molecule has 90 valence electrons. The van der Waals surface area contributed by atoms with Gasteiger partial charge in [0.2, 0.25) is 0 Å². The number of carbonyl (C=O) groups excluding carboxylic acids is 1. The van der Waals surface area contributed by atoms with Crippen molar-refractivity contribution in [1.29, 1.82) is 0 Å². The van der Waals surface area contributed by atoms with Gasteiger partial charge in [-0.2, -0.15) is 0 Å². The van der Waals surface area contributed by atoms with E-state index in [-0.39, 0.29) is 5.97 Å². The Morgan fingerprint density at radius 3 is 2.81 bits per heavy atom. The minimum absolute atomic E-state index is 0.328. The Hall–Kier alpha value is -1.36. The molecule has 0 saturated heterocycles. The van der Waals surface area contributed by atoms with Gasteiger partial charge in [0.05, 0.1) is 13.3 Å². The molecule has 0 aliphatic carbocycles. The summed E-state index contributed by atoms with van der Waals surface area (Å²) in [5.41, 5.74) is 0.527. The van der Waals surface area contributed by atoms with Crippen LogP contribution in [-0.2, 0) is 11.3 Å². The fraction of sp³-hybridized carbons (Fsp3) is 0.636. The number of carbonyl (C=O) groups is 1. The van der Waals surface area contributed by atoms with Crippen molar-refractivity contribution in [3.05, 3.63) is 17.7 Å². The molecular weight excluding hydrogens is 206 g/mol. The lowest BCUT2D eigenvalue weighted by Crippen LogP contribution is -2.17. The molecule has 16 heavy (non-hydrogen) atoms. The van der Waals surface area contributed by atoms with E-state index in [1.807, 2.05) is 25.6 Å². The van der Waals surface area contributed by atoms with E-state index in [2.05, 4.69) is 9.88 Å². The van der Waals surface area contributed by atoms with Gasteiger partial charge < -0.3 is 14.2 Å². The molecule has 0 N–H and O–H groups in total. The minimum Gasteiger partial charge on any atom is -0.464 e. The summed E-state index contributed by atoms with van der Waals surface area (Å²) in [5.74, 6) is 0.518. The van der Waals surface area contributed by atoms with E-state index >= 15 is 0 Å². The van der Waals surface area contributed by atoms with E-state index in [0.717, 1.165) is 25.3 Å². The monoisotopic (exact) mass is 225 g/mol. The van der Waals surface area contributed by atoms with E-state index in [1.54, 1.807) is 6.20 Å². The molecule has 0 saturated carbocycles. The Bertz CT molecular complexity index is 358. The minimum atomic E-state index is -0.328. The van der Waals surface area contributed by atoms with Gasteiger partial charge >= 0.3 is 5.97 Å². The van der Waals surface area contributed by atoms with Crippen molar-refractivity contribution in [1.82, 2.24) is 14.5 Å². The zero-order valence-electron chi connectivity index (χ0n) is 10.4. The smallest absolute Gasteiger partial charge is 0.356 e. The highest BCUT2D eigenvalue weighted by molar-refractivity contribution is 5.87. The third kappa shape index (κ3) is 3.06. The molecule has 0 aliphatic heterocycles. The van der Waals surface area contributed by atoms with Crippen molar-refractivity contribution in [2.45, 2.75) is 19.9 Å². The number of esters is 1. The fourth-order valence-electron chi connectivity index (χ4n) is 1.56. The normalized spacial score (nSPS) is 10.8. The maximum Gasteiger partial charge on any atom is 0.356 e. The van der Waals surface area contributed by atoms with E-state index in [9.17, 15) is 4.79 Å². The summed E-state index contributed by atoms with van der Waals surface area (Å²) in [4.78, 5) is 17.7. The maximum atomic E-state index is 11.5. The van der Waals surface area contributed by atoms with Crippen molar-refractivity contribution in [2.24, 2.45) is 0 Å². The molecule has 0 bridgehead atoms. The fourth-order valence-corrected chi connectivity index (χ4v) is 1.56. The Morgan fingerprint density at radius 2 is 2.25 bits per heavy atom. The van der Waals surface area contributed by atoms with E-state index in [1.165, 1.54) is 7.11 Å². The number of nitrogens with zero attached hydrogens (tertiary/aromatic N) is 3. The topological polar surface area (TPSA) is 47.4 Å². The Balaban J connectivity index is 2.70. The van der Waals surface area contributed by atoms with Gasteiger partial charge in [0, 0.05) is 6.54 Å². The van der Waals surface area contributed by atoms with Crippen molar-refractivity contribution in [3.63, 3.8) is 0 Å². The zero-order chi connectivity index (χ0) is 12.1. The third-order valence-electron chi connectivity index (χ3n) is 2.44. The standard InChI is InChI=1S/C11H19N3O2/c1-9-12-8-10(11(15)16-4)14(9)7-5-6-13(2)3/h8H,5-7H2,1-4H3. The Morgan fingerprint density at radius 1 is 1.56 bits per heavy atom. The lowest BCUT2D eigenvalue weighted by Gasteiger charge is -2.12. The first-order chi connectivity index (χ1) is 7.56. The SMILES string of the molecule is COC(=O)c1cnc(C)n1CCCN(C)C. The van der Waals surface area contributed by atoms with Gasteiger partial charge in [-0.3, -0.25) is 0 Å². The molecule has 0 radical (unpaired) electrons. The summed E-state index contributed by atoms with van der Waals surface area (Å²) in [7, 11) is 5.44. The van der Waals surface area contributed by atoms with Crippen LogP contribution in [0.3, 0.4) is 0 Å². The first-order valence-electron chi connectivity index (χ1n) is 5.31. The third-order valence-corrected chi connectivity index (χ3v) is 2.44. The lowest BCUT2D eigenvalue weighted by atomic mass is 10.3. The molecule has 0 unspecified atom stereocenters. The molecule has 1 rings (SSSR count). The summed E-state index contributed by atoms with van der Waals surface area (Å²) in [6.07, 6.45) is 2.55. The molecule has 1 aromatic heterocycles. The molecule has 1 heterocycles. The van der Waals surface area contributed by atoms with E-state index in [0.29, 0.717) is 5.69 Å². The number of methoxy groups -OCH3 is 1. The van der Waals surface area contributed by atoms with Gasteiger partial charge in [0.25, 0.3) is 0 Å². The largest absolute Gasteiger partial charge is 0.464 e. The van der Waals surface area contributed by atoms with Crippen LogP contribution in [0.15, 0.2) is 6.20 Å². The molecule has 0 amide bonds. The van der Waals surface area contributed by atoms with Gasteiger partial charge in [-0.15, -0.1) is 0 Å². The predicted molar refractivity (Wildman–Crippen MR) is 61.5 cm³/mol. The molecule has 0 aliphatic rings. The first-order valence-corrected chi connectivity index (χ1v) is 5.31. The Labute approximate surface area is 96.0 Å². The van der Waals surface area contributed by atoms with Crippen LogP contribution in [0.2, 0.25) is 0 Å². The molecule has 5 heteroatoms. The predicted octanol–water partition coefficient (Wildman–Crippen LogP) is 0.930. The van der Waals surface area contributed by atoms with Crippen LogP contribution >= 0.6 is 0 Å². The second-order valence-electron chi connectivity index (χ2n) is 3.99. The number of hydrogen-bond donors (Lipinski definition) is 0. The quantitative estimate of drug-likeness (QED) is 0.699. The summed E-state index contributed by atoms with van der Waals surface area (Å²) in [5, 5.41) is 0. The second-order valence-corrected chi connectivity index (χ2v) is 3.99. The van der Waals surface area contributed by atoms with Gasteiger partial charge in [0.15, 0.2) is 0 Å². The van der Waals surface area contributed by atoms with Crippen molar-refractivity contribution >= 4 is 5.97 Å². The van der Waals surface area contributed by atoms with Crippen molar-refractivity contribution in [3.8, 4) is 0 Å². The molecule has 0 aromatic carbocycles. The van der Waals surface area contributed by atoms with Crippen molar-refractivity contribution in [2.75, 3.05) is 27.7 Å². The summed E-state index contributed by atoms with van der Waals surface area (Å²) in [6.45, 7) is 3.66. The average Bonchev–Trinajstić information content (AvgIpc) is 2.59. The Kier molecular flexibility index (Phi) is 4.49.